The van der Waals surface area contributed by atoms with Crippen LogP contribution in [0.3, 0.4) is 0 Å². The van der Waals surface area contributed by atoms with E-state index in [0.29, 0.717) is 11.8 Å². The summed E-state index contributed by atoms with van der Waals surface area (Å²) in [5, 5.41) is 0.515. The van der Waals surface area contributed by atoms with Crippen LogP contribution in [-0.4, -0.2) is 16.6 Å². The monoisotopic (exact) mass is 282 g/mol. The highest BCUT2D eigenvalue weighted by molar-refractivity contribution is 6.29. The van der Waals surface area contributed by atoms with Gasteiger partial charge in [0.25, 0.3) is 0 Å². The van der Waals surface area contributed by atoms with Crippen LogP contribution in [-0.2, 0) is 15.8 Å². The number of hydrogen-bond acceptors (Lipinski definition) is 3. The van der Waals surface area contributed by atoms with Crippen LogP contribution in [0.25, 0.3) is 0 Å². The smallest absolute Gasteiger partial charge is 0.162 e. The van der Waals surface area contributed by atoms with Gasteiger partial charge in [0.2, 0.25) is 0 Å². The highest BCUT2D eigenvalue weighted by Crippen LogP contribution is 2.41. The maximum absolute atomic E-state index is 6.19. The van der Waals surface area contributed by atoms with Crippen molar-refractivity contribution in [1.82, 2.24) is 9.97 Å². The minimum Gasteiger partial charge on any atom is -0.367 e. The van der Waals surface area contributed by atoms with Gasteiger partial charge in [0.1, 0.15) is 10.8 Å². The first-order valence-electron chi connectivity index (χ1n) is 7.07. The lowest BCUT2D eigenvalue weighted by molar-refractivity contribution is -0.0459. The van der Waals surface area contributed by atoms with Gasteiger partial charge in [0.15, 0.2) is 5.82 Å². The molecule has 1 aliphatic carbocycles. The molecule has 0 unspecified atom stereocenters. The molecule has 106 valence electrons. The lowest BCUT2D eigenvalue weighted by Gasteiger charge is -2.29. The Bertz CT molecular complexity index is 448. The first-order chi connectivity index (χ1) is 8.87. The number of rotatable bonds is 3. The maximum Gasteiger partial charge on any atom is 0.162 e. The Morgan fingerprint density at radius 3 is 2.42 bits per heavy atom. The fourth-order valence-corrected chi connectivity index (χ4v) is 2.84. The molecule has 1 aromatic heterocycles. The van der Waals surface area contributed by atoms with Crippen LogP contribution in [0.1, 0.15) is 64.9 Å². The lowest BCUT2D eigenvalue weighted by atomic mass is 9.91. The summed E-state index contributed by atoms with van der Waals surface area (Å²) in [7, 11) is 0. The van der Waals surface area contributed by atoms with Crippen LogP contribution in [0, 0.1) is 0 Å². The molecule has 19 heavy (non-hydrogen) atoms. The van der Waals surface area contributed by atoms with E-state index in [2.05, 4.69) is 25.8 Å². The van der Waals surface area contributed by atoms with Gasteiger partial charge in [-0.05, 0) is 38.7 Å². The van der Waals surface area contributed by atoms with Gasteiger partial charge in [0, 0.05) is 12.0 Å². The van der Waals surface area contributed by atoms with Crippen molar-refractivity contribution in [3.63, 3.8) is 0 Å². The number of halogens is 1. The normalized spacial score (nSPS) is 18.8. The Morgan fingerprint density at radius 2 is 1.89 bits per heavy atom. The van der Waals surface area contributed by atoms with Crippen molar-refractivity contribution in [2.24, 2.45) is 0 Å². The fraction of sp³-hybridized carbons (Fsp3) is 0.733. The Kier molecular flexibility index (Phi) is 4.17. The van der Waals surface area contributed by atoms with Gasteiger partial charge >= 0.3 is 0 Å². The Balaban J connectivity index is 2.46. The summed E-state index contributed by atoms with van der Waals surface area (Å²) in [4.78, 5) is 9.21. The van der Waals surface area contributed by atoms with Crippen LogP contribution in [0.2, 0.25) is 5.15 Å². The highest BCUT2D eigenvalue weighted by Gasteiger charge is 2.40. The van der Waals surface area contributed by atoms with Gasteiger partial charge < -0.3 is 4.74 Å². The Morgan fingerprint density at radius 1 is 1.26 bits per heavy atom. The summed E-state index contributed by atoms with van der Waals surface area (Å²) >= 11 is 6.19. The molecule has 1 heterocycles. The van der Waals surface area contributed by atoms with Crippen molar-refractivity contribution >= 4 is 11.6 Å². The number of nitrogens with zero attached hydrogens (tertiary/aromatic N) is 2. The molecule has 0 saturated heterocycles. The van der Waals surface area contributed by atoms with E-state index in [1.165, 1.54) is 12.8 Å². The van der Waals surface area contributed by atoms with E-state index in [1.54, 1.807) is 0 Å². The largest absolute Gasteiger partial charge is 0.367 e. The van der Waals surface area contributed by atoms with E-state index in [1.807, 2.05) is 13.0 Å². The molecule has 0 spiro atoms. The zero-order valence-electron chi connectivity index (χ0n) is 12.3. The minimum atomic E-state index is -0.320. The van der Waals surface area contributed by atoms with Crippen molar-refractivity contribution in [2.45, 2.75) is 64.4 Å². The number of aromatic nitrogens is 2. The molecule has 2 rings (SSSR count). The predicted octanol–water partition coefficient (Wildman–Crippen LogP) is 4.23. The summed E-state index contributed by atoms with van der Waals surface area (Å²) in [5.74, 6) is 0.768. The van der Waals surface area contributed by atoms with Gasteiger partial charge in [-0.15, -0.1) is 0 Å². The van der Waals surface area contributed by atoms with E-state index in [0.717, 1.165) is 24.4 Å². The predicted molar refractivity (Wildman–Crippen MR) is 77.5 cm³/mol. The summed E-state index contributed by atoms with van der Waals surface area (Å²) < 4.78 is 6.02. The second-order valence-corrected chi connectivity index (χ2v) is 6.67. The summed E-state index contributed by atoms with van der Waals surface area (Å²) in [5.41, 5.74) is 0.626. The quantitative estimate of drug-likeness (QED) is 0.778. The van der Waals surface area contributed by atoms with E-state index in [9.17, 15) is 0 Å². The lowest BCUT2D eigenvalue weighted by Crippen LogP contribution is -2.30. The second-order valence-electron chi connectivity index (χ2n) is 6.28. The first kappa shape index (κ1) is 14.7. The average Bonchev–Trinajstić information content (AvgIpc) is 2.77. The van der Waals surface area contributed by atoms with Crippen LogP contribution in [0.15, 0.2) is 6.07 Å². The van der Waals surface area contributed by atoms with Gasteiger partial charge in [-0.1, -0.05) is 32.4 Å². The van der Waals surface area contributed by atoms with Crippen molar-refractivity contribution in [1.29, 1.82) is 0 Å². The van der Waals surface area contributed by atoms with Crippen molar-refractivity contribution in [2.75, 3.05) is 6.61 Å². The van der Waals surface area contributed by atoms with E-state index >= 15 is 0 Å². The molecule has 0 radical (unpaired) electrons. The molecule has 0 aromatic carbocycles. The molecule has 1 aliphatic rings. The molecular weight excluding hydrogens is 260 g/mol. The van der Waals surface area contributed by atoms with Crippen molar-refractivity contribution in [3.8, 4) is 0 Å². The van der Waals surface area contributed by atoms with Gasteiger partial charge in [0.05, 0.1) is 5.69 Å². The van der Waals surface area contributed by atoms with Crippen LogP contribution in [0.4, 0.5) is 0 Å². The van der Waals surface area contributed by atoms with Crippen LogP contribution in [0.5, 0.6) is 0 Å². The standard InChI is InChI=1S/C15H23ClN2O/c1-5-19-15(8-6-7-9-15)13-17-11(14(2,3)4)10-12(16)18-13/h10H,5-9H2,1-4H3. The molecule has 1 aromatic rings. The third-order valence-electron chi connectivity index (χ3n) is 3.70. The summed E-state index contributed by atoms with van der Waals surface area (Å²) in [6.07, 6.45) is 4.32. The average molecular weight is 283 g/mol. The number of hydrogen-bond donors (Lipinski definition) is 0. The summed E-state index contributed by atoms with van der Waals surface area (Å²) in [6, 6.07) is 1.86. The van der Waals surface area contributed by atoms with Gasteiger partial charge in [-0.2, -0.15) is 0 Å². The van der Waals surface area contributed by atoms with Crippen molar-refractivity contribution in [3.05, 3.63) is 22.7 Å². The molecule has 0 bridgehead atoms. The molecule has 3 nitrogen and oxygen atoms in total. The van der Waals surface area contributed by atoms with Crippen LogP contribution < -0.4 is 0 Å². The fourth-order valence-electron chi connectivity index (χ4n) is 2.66. The molecule has 1 saturated carbocycles. The molecule has 0 amide bonds. The minimum absolute atomic E-state index is 0.0344. The van der Waals surface area contributed by atoms with E-state index < -0.39 is 0 Å². The van der Waals surface area contributed by atoms with E-state index in [4.69, 9.17) is 21.3 Å². The molecule has 4 heteroatoms. The molecular formula is C15H23ClN2O. The summed E-state index contributed by atoms with van der Waals surface area (Å²) in [6.45, 7) is 9.11. The number of ether oxygens (including phenoxy) is 1. The Labute approximate surface area is 120 Å². The molecule has 0 atom stereocenters. The Hall–Kier alpha value is -0.670. The molecule has 0 N–H and O–H groups in total. The van der Waals surface area contributed by atoms with Crippen LogP contribution >= 0.6 is 11.6 Å². The van der Waals surface area contributed by atoms with E-state index in [-0.39, 0.29) is 11.0 Å². The first-order valence-corrected chi connectivity index (χ1v) is 7.45. The maximum atomic E-state index is 6.19. The molecule has 1 fully saturated rings. The third-order valence-corrected chi connectivity index (χ3v) is 3.90. The zero-order chi connectivity index (χ0) is 14.1. The van der Waals surface area contributed by atoms with Gasteiger partial charge in [-0.25, -0.2) is 9.97 Å². The second kappa shape index (κ2) is 5.37. The zero-order valence-corrected chi connectivity index (χ0v) is 13.0. The molecule has 0 aliphatic heterocycles. The topological polar surface area (TPSA) is 35.0 Å². The third kappa shape index (κ3) is 3.09. The SMILES string of the molecule is CCOC1(c2nc(Cl)cc(C(C)(C)C)n2)CCCC1. The van der Waals surface area contributed by atoms with Crippen molar-refractivity contribution < 1.29 is 4.74 Å². The van der Waals surface area contributed by atoms with Gasteiger partial charge in [-0.3, -0.25) is 0 Å². The highest BCUT2D eigenvalue weighted by atomic mass is 35.5.